The smallest absolute Gasteiger partial charge is 0.323 e. The van der Waals surface area contributed by atoms with E-state index in [1.54, 1.807) is 0 Å². The van der Waals surface area contributed by atoms with Crippen molar-refractivity contribution in [3.05, 3.63) is 0 Å². The van der Waals surface area contributed by atoms with E-state index in [4.69, 9.17) is 20.4 Å². The first-order valence-electron chi connectivity index (χ1n) is 8.58. The summed E-state index contributed by atoms with van der Waals surface area (Å²) < 4.78 is 24.4. The molecule has 0 unspecified atom stereocenters. The summed E-state index contributed by atoms with van der Waals surface area (Å²) in [7, 11) is -3.50. The van der Waals surface area contributed by atoms with Gasteiger partial charge in [-0.2, -0.15) is 15.0 Å². The van der Waals surface area contributed by atoms with Gasteiger partial charge in [0.05, 0.1) is 6.26 Å². The van der Waals surface area contributed by atoms with Gasteiger partial charge in [-0.25, -0.2) is 13.1 Å². The highest BCUT2D eigenvalue weighted by molar-refractivity contribution is 7.88. The number of hydrogen-bond donors (Lipinski definition) is 6. The third-order valence-corrected chi connectivity index (χ3v) is 3.98. The fraction of sp³-hybridized carbons (Fsp3) is 0.500. The van der Waals surface area contributed by atoms with Crippen LogP contribution in [0.4, 0.5) is 17.8 Å². The Morgan fingerprint density at radius 1 is 0.750 bits per heavy atom. The van der Waals surface area contributed by atoms with Crippen molar-refractivity contribution in [2.45, 2.75) is 0 Å². The van der Waals surface area contributed by atoms with E-state index in [0.29, 0.717) is 0 Å². The summed E-state index contributed by atoms with van der Waals surface area (Å²) in [5.41, 5.74) is 0. The van der Waals surface area contributed by atoms with Gasteiger partial charge in [0.1, 0.15) is 26.2 Å². The molecule has 0 aliphatic heterocycles. The van der Waals surface area contributed by atoms with Crippen LogP contribution in [-0.4, -0.2) is 113 Å². The molecule has 0 atom stereocenters. The largest absolute Gasteiger partial charge is 0.480 e. The van der Waals surface area contributed by atoms with Gasteiger partial charge in [0.2, 0.25) is 27.9 Å². The van der Waals surface area contributed by atoms with Crippen LogP contribution in [0.3, 0.4) is 0 Å². The fourth-order valence-electron chi connectivity index (χ4n) is 2.17. The molecule has 1 aromatic rings. The van der Waals surface area contributed by atoms with Crippen molar-refractivity contribution in [1.29, 1.82) is 0 Å². The Balaban J connectivity index is 3.37. The second-order valence-corrected chi connectivity index (χ2v) is 7.97. The summed E-state index contributed by atoms with van der Waals surface area (Å²) in [6, 6.07) is 0. The Bertz CT molecular complexity index is 884. The Hall–Kier alpha value is -3.80. The van der Waals surface area contributed by atoms with Crippen LogP contribution in [0.25, 0.3) is 0 Å². The summed E-state index contributed by atoms with van der Waals surface area (Å²) in [4.78, 5) is 57.5. The first-order chi connectivity index (χ1) is 14.8. The summed E-state index contributed by atoms with van der Waals surface area (Å²) >= 11 is 0. The zero-order valence-corrected chi connectivity index (χ0v) is 17.4. The highest BCUT2D eigenvalue weighted by Gasteiger charge is 2.23. The SMILES string of the molecule is CS(=O)(=O)NCCNc1nc(N(CC(=O)O)CC(=O)O)nc(N(CC(=O)O)CC(=O)O)n1. The van der Waals surface area contributed by atoms with Crippen LogP contribution in [0, 0.1) is 0 Å². The lowest BCUT2D eigenvalue weighted by molar-refractivity contribution is -0.138. The van der Waals surface area contributed by atoms with Crippen molar-refractivity contribution >= 4 is 51.7 Å². The molecule has 0 spiro atoms. The third-order valence-electron chi connectivity index (χ3n) is 3.25. The van der Waals surface area contributed by atoms with Gasteiger partial charge in [-0.15, -0.1) is 0 Å². The van der Waals surface area contributed by atoms with Gasteiger partial charge in [-0.05, 0) is 0 Å². The summed E-state index contributed by atoms with van der Waals surface area (Å²) in [6.45, 7) is -3.57. The zero-order chi connectivity index (χ0) is 24.5. The Kier molecular flexibility index (Phi) is 9.47. The number of carboxylic acid groups (broad SMARTS) is 4. The van der Waals surface area contributed by atoms with Gasteiger partial charge in [-0.3, -0.25) is 19.2 Å². The second kappa shape index (κ2) is 11.6. The van der Waals surface area contributed by atoms with Gasteiger partial charge < -0.3 is 35.5 Å². The van der Waals surface area contributed by atoms with Crippen molar-refractivity contribution in [3.8, 4) is 0 Å². The minimum atomic E-state index is -3.50. The Morgan fingerprint density at radius 2 is 1.12 bits per heavy atom. The first-order valence-corrected chi connectivity index (χ1v) is 10.5. The van der Waals surface area contributed by atoms with Gasteiger partial charge in [-0.1, -0.05) is 0 Å². The molecule has 1 heterocycles. The molecule has 1 aromatic heterocycles. The lowest BCUT2D eigenvalue weighted by atomic mass is 10.4. The van der Waals surface area contributed by atoms with Crippen LogP contribution in [0.2, 0.25) is 0 Å². The van der Waals surface area contributed by atoms with Crippen molar-refractivity contribution in [3.63, 3.8) is 0 Å². The molecule has 0 amide bonds. The molecule has 0 fully saturated rings. The molecular weight excluding hydrogens is 458 g/mol. The number of carbonyl (C=O) groups is 4. The van der Waals surface area contributed by atoms with E-state index in [0.717, 1.165) is 16.1 Å². The number of aromatic nitrogens is 3. The minimum Gasteiger partial charge on any atom is -0.480 e. The topological polar surface area (TPSA) is 253 Å². The van der Waals surface area contributed by atoms with E-state index in [-0.39, 0.29) is 19.0 Å². The molecule has 17 nitrogen and oxygen atoms in total. The Labute approximate surface area is 180 Å². The molecule has 178 valence electrons. The molecule has 0 aliphatic carbocycles. The molecule has 6 N–H and O–H groups in total. The summed E-state index contributed by atoms with van der Waals surface area (Å²) in [6.07, 6.45) is 0.928. The molecule has 0 saturated heterocycles. The summed E-state index contributed by atoms with van der Waals surface area (Å²) in [5.74, 6) is -6.97. The van der Waals surface area contributed by atoms with Crippen LogP contribution in [-0.2, 0) is 29.2 Å². The Morgan fingerprint density at radius 3 is 1.44 bits per heavy atom. The highest BCUT2D eigenvalue weighted by Crippen LogP contribution is 2.17. The molecule has 32 heavy (non-hydrogen) atoms. The number of nitrogens with one attached hydrogen (secondary N) is 2. The maximum Gasteiger partial charge on any atom is 0.323 e. The van der Waals surface area contributed by atoms with Gasteiger partial charge in [0.25, 0.3) is 0 Å². The maximum absolute atomic E-state index is 11.1. The first kappa shape index (κ1) is 26.2. The van der Waals surface area contributed by atoms with Crippen molar-refractivity contribution in [2.75, 3.05) is 60.6 Å². The van der Waals surface area contributed by atoms with Crippen LogP contribution < -0.4 is 19.8 Å². The minimum absolute atomic E-state index is 0.0777. The molecule has 18 heteroatoms. The van der Waals surface area contributed by atoms with Gasteiger partial charge in [0, 0.05) is 13.1 Å². The number of anilines is 3. The van der Waals surface area contributed by atoms with E-state index < -0.39 is 72.0 Å². The molecular formula is C14H21N7O10S. The number of nitrogens with zero attached hydrogens (tertiary/aromatic N) is 5. The molecule has 0 aromatic carbocycles. The molecule has 1 rings (SSSR count). The number of aliphatic carboxylic acids is 4. The normalized spacial score (nSPS) is 10.9. The predicted molar refractivity (Wildman–Crippen MR) is 106 cm³/mol. The number of sulfonamides is 1. The van der Waals surface area contributed by atoms with Crippen molar-refractivity contribution in [2.24, 2.45) is 0 Å². The van der Waals surface area contributed by atoms with E-state index in [1.807, 2.05) is 0 Å². The molecule has 0 bridgehead atoms. The standard InChI is InChI=1S/C14H21N7O10S/c1-32(30,31)16-3-2-15-12-17-13(20(4-8(22)23)5-9(24)25)19-14(18-12)21(6-10(26)27)7-11(28)29/h16H,2-7H2,1H3,(H,22,23)(H,24,25)(H,26,27)(H,28,29)(H,15,17,18,19). The van der Waals surface area contributed by atoms with Crippen LogP contribution in [0.1, 0.15) is 0 Å². The molecule has 0 aliphatic rings. The lowest BCUT2D eigenvalue weighted by Crippen LogP contribution is -2.39. The third kappa shape index (κ3) is 10.3. The van der Waals surface area contributed by atoms with E-state index in [1.165, 1.54) is 0 Å². The lowest BCUT2D eigenvalue weighted by Gasteiger charge is -2.23. The zero-order valence-electron chi connectivity index (χ0n) is 16.6. The van der Waals surface area contributed by atoms with Gasteiger partial charge >= 0.3 is 23.9 Å². The average molecular weight is 479 g/mol. The predicted octanol–water partition coefficient (Wildman–Crippen LogP) is -3.22. The molecule has 0 radical (unpaired) electrons. The van der Waals surface area contributed by atoms with E-state index in [9.17, 15) is 27.6 Å². The van der Waals surface area contributed by atoms with E-state index in [2.05, 4.69) is 25.0 Å². The maximum atomic E-state index is 11.1. The van der Waals surface area contributed by atoms with Crippen molar-refractivity contribution < 1.29 is 48.0 Å². The molecule has 0 saturated carbocycles. The average Bonchev–Trinajstić information content (AvgIpc) is 2.61. The summed E-state index contributed by atoms with van der Waals surface area (Å²) in [5, 5.41) is 38.8. The second-order valence-electron chi connectivity index (χ2n) is 6.14. The monoisotopic (exact) mass is 479 g/mol. The van der Waals surface area contributed by atoms with Crippen LogP contribution in [0.5, 0.6) is 0 Å². The van der Waals surface area contributed by atoms with Crippen LogP contribution >= 0.6 is 0 Å². The van der Waals surface area contributed by atoms with E-state index >= 15 is 0 Å². The fourth-order valence-corrected chi connectivity index (χ4v) is 2.65. The van der Waals surface area contributed by atoms with Gasteiger partial charge in [0.15, 0.2) is 0 Å². The quantitative estimate of drug-likeness (QED) is 0.135. The number of rotatable bonds is 15. The number of hydrogen-bond acceptors (Lipinski definition) is 12. The number of carboxylic acids is 4. The van der Waals surface area contributed by atoms with Crippen LogP contribution in [0.15, 0.2) is 0 Å². The highest BCUT2D eigenvalue weighted by atomic mass is 32.2. The van der Waals surface area contributed by atoms with Crippen molar-refractivity contribution in [1.82, 2.24) is 19.7 Å².